The summed E-state index contributed by atoms with van der Waals surface area (Å²) in [5, 5.41) is 14.1. The van der Waals surface area contributed by atoms with Crippen LogP contribution in [0.5, 0.6) is 0 Å². The van der Waals surface area contributed by atoms with Gasteiger partial charge >= 0.3 is 0 Å². The van der Waals surface area contributed by atoms with Crippen LogP contribution in [0.15, 0.2) is 46.9 Å². The van der Waals surface area contributed by atoms with Gasteiger partial charge in [0.1, 0.15) is 0 Å². The number of nitro benzene ring substituents is 1. The van der Waals surface area contributed by atoms with Crippen LogP contribution in [0, 0.1) is 17.0 Å². The van der Waals surface area contributed by atoms with E-state index >= 15 is 0 Å². The van der Waals surface area contributed by atoms with Crippen LogP contribution in [0.4, 0.5) is 5.69 Å². The van der Waals surface area contributed by atoms with Gasteiger partial charge < -0.3 is 5.32 Å². The zero-order valence-electron chi connectivity index (χ0n) is 12.0. The molecule has 1 N–H and O–H groups in total. The third-order valence-corrected chi connectivity index (χ3v) is 4.16. The summed E-state index contributed by atoms with van der Waals surface area (Å²) in [6, 6.07) is 13.5. The van der Waals surface area contributed by atoms with Crippen LogP contribution in [-0.4, -0.2) is 4.92 Å². The van der Waals surface area contributed by atoms with Crippen molar-refractivity contribution < 1.29 is 4.92 Å². The Balaban J connectivity index is 2.02. The molecule has 110 valence electrons. The van der Waals surface area contributed by atoms with E-state index in [-0.39, 0.29) is 11.7 Å². The number of nitro groups is 1. The van der Waals surface area contributed by atoms with E-state index in [4.69, 9.17) is 0 Å². The van der Waals surface area contributed by atoms with Crippen molar-refractivity contribution in [3.8, 4) is 0 Å². The minimum Gasteiger partial charge on any atom is -0.306 e. The molecular weight excluding hydrogens is 332 g/mol. The van der Waals surface area contributed by atoms with Gasteiger partial charge in [0.2, 0.25) is 0 Å². The van der Waals surface area contributed by atoms with Crippen LogP contribution in [0.3, 0.4) is 0 Å². The molecule has 0 bridgehead atoms. The third-order valence-electron chi connectivity index (χ3n) is 3.42. The van der Waals surface area contributed by atoms with E-state index in [0.29, 0.717) is 6.54 Å². The number of hydrogen-bond donors (Lipinski definition) is 1. The number of nitrogens with one attached hydrogen (secondary N) is 1. The van der Waals surface area contributed by atoms with E-state index < -0.39 is 4.92 Å². The van der Waals surface area contributed by atoms with Crippen molar-refractivity contribution in [3.05, 3.63) is 73.7 Å². The second kappa shape index (κ2) is 6.83. The Kier molecular flexibility index (Phi) is 5.09. The van der Waals surface area contributed by atoms with Crippen LogP contribution in [0.25, 0.3) is 0 Å². The number of aryl methyl sites for hydroxylation is 1. The zero-order chi connectivity index (χ0) is 15.4. The number of rotatable bonds is 5. The van der Waals surface area contributed by atoms with Gasteiger partial charge in [-0.25, -0.2) is 0 Å². The molecule has 1 unspecified atom stereocenters. The summed E-state index contributed by atoms with van der Waals surface area (Å²) in [5.41, 5.74) is 3.56. The molecule has 2 aromatic rings. The molecule has 2 aromatic carbocycles. The summed E-state index contributed by atoms with van der Waals surface area (Å²) in [7, 11) is 0. The van der Waals surface area contributed by atoms with E-state index in [9.17, 15) is 10.1 Å². The summed E-state index contributed by atoms with van der Waals surface area (Å²) in [5.74, 6) is 0. The van der Waals surface area contributed by atoms with Crippen LogP contribution < -0.4 is 5.32 Å². The summed E-state index contributed by atoms with van der Waals surface area (Å²) >= 11 is 3.39. The highest BCUT2D eigenvalue weighted by molar-refractivity contribution is 9.10. The highest BCUT2D eigenvalue weighted by Gasteiger charge is 2.10. The monoisotopic (exact) mass is 348 g/mol. The number of halogens is 1. The fraction of sp³-hybridized carbons (Fsp3) is 0.250. The van der Waals surface area contributed by atoms with E-state index in [1.165, 1.54) is 23.3 Å². The van der Waals surface area contributed by atoms with E-state index in [1.807, 2.05) is 0 Å². The first kappa shape index (κ1) is 15.7. The van der Waals surface area contributed by atoms with Gasteiger partial charge in [0.05, 0.1) is 4.92 Å². The van der Waals surface area contributed by atoms with Crippen molar-refractivity contribution in [2.75, 3.05) is 0 Å². The van der Waals surface area contributed by atoms with Crippen molar-refractivity contribution in [3.63, 3.8) is 0 Å². The predicted octanol–water partition coefficient (Wildman–Crippen LogP) is 4.52. The Labute approximate surface area is 132 Å². The fourth-order valence-corrected chi connectivity index (χ4v) is 2.54. The Morgan fingerprint density at radius 1 is 1.24 bits per heavy atom. The molecule has 1 atom stereocenters. The maximum Gasteiger partial charge on any atom is 0.270 e. The van der Waals surface area contributed by atoms with Crippen LogP contribution in [-0.2, 0) is 6.54 Å². The first-order chi connectivity index (χ1) is 9.97. The molecule has 0 aliphatic rings. The zero-order valence-corrected chi connectivity index (χ0v) is 13.6. The molecule has 0 aromatic heterocycles. The van der Waals surface area contributed by atoms with Gasteiger partial charge in [0.15, 0.2) is 0 Å². The molecular formula is C16H17BrN2O2. The molecule has 0 spiro atoms. The van der Waals surface area contributed by atoms with E-state index in [2.05, 4.69) is 59.4 Å². The Hall–Kier alpha value is -1.72. The van der Waals surface area contributed by atoms with Crippen molar-refractivity contribution in [1.29, 1.82) is 0 Å². The van der Waals surface area contributed by atoms with Crippen molar-refractivity contribution >= 4 is 21.6 Å². The number of nitrogens with zero attached hydrogens (tertiary/aromatic N) is 1. The lowest BCUT2D eigenvalue weighted by molar-refractivity contribution is -0.384. The molecule has 0 fully saturated rings. The summed E-state index contributed by atoms with van der Waals surface area (Å²) in [6.45, 7) is 4.81. The average molecular weight is 349 g/mol. The summed E-state index contributed by atoms with van der Waals surface area (Å²) in [6.07, 6.45) is 0. The maximum absolute atomic E-state index is 10.7. The average Bonchev–Trinajstić information content (AvgIpc) is 2.46. The molecule has 5 heteroatoms. The van der Waals surface area contributed by atoms with Crippen LogP contribution in [0.2, 0.25) is 0 Å². The first-order valence-electron chi connectivity index (χ1n) is 6.70. The van der Waals surface area contributed by atoms with Crippen molar-refractivity contribution in [1.82, 2.24) is 5.32 Å². The maximum atomic E-state index is 10.7. The fourth-order valence-electron chi connectivity index (χ4n) is 2.03. The number of hydrogen-bond acceptors (Lipinski definition) is 3. The topological polar surface area (TPSA) is 55.2 Å². The Bertz CT molecular complexity index is 641. The minimum absolute atomic E-state index is 0.0946. The summed E-state index contributed by atoms with van der Waals surface area (Å²) < 4.78 is 0.750. The van der Waals surface area contributed by atoms with Gasteiger partial charge in [-0.05, 0) is 31.0 Å². The Morgan fingerprint density at radius 3 is 2.48 bits per heavy atom. The quantitative estimate of drug-likeness (QED) is 0.638. The molecule has 0 amide bonds. The summed E-state index contributed by atoms with van der Waals surface area (Å²) in [4.78, 5) is 10.3. The molecule has 0 heterocycles. The molecule has 0 aliphatic heterocycles. The standard InChI is InChI=1S/C16H17BrN2O2/c1-11-3-5-13(6-4-11)12(2)18-10-14-7-8-15(19(20)21)9-16(14)17/h3-9,12,18H,10H2,1-2H3. The third kappa shape index (κ3) is 4.12. The second-order valence-corrected chi connectivity index (χ2v) is 5.90. The second-order valence-electron chi connectivity index (χ2n) is 5.05. The Morgan fingerprint density at radius 2 is 1.90 bits per heavy atom. The van der Waals surface area contributed by atoms with Gasteiger partial charge in [-0.2, -0.15) is 0 Å². The molecule has 0 saturated heterocycles. The van der Waals surface area contributed by atoms with Gasteiger partial charge in [0.25, 0.3) is 5.69 Å². The van der Waals surface area contributed by atoms with Gasteiger partial charge in [-0.15, -0.1) is 0 Å². The smallest absolute Gasteiger partial charge is 0.270 e. The van der Waals surface area contributed by atoms with Gasteiger partial charge in [-0.3, -0.25) is 10.1 Å². The number of benzene rings is 2. The molecule has 21 heavy (non-hydrogen) atoms. The molecule has 0 saturated carbocycles. The molecule has 0 aliphatic carbocycles. The SMILES string of the molecule is Cc1ccc(C(C)NCc2ccc([N+](=O)[O-])cc2Br)cc1. The largest absolute Gasteiger partial charge is 0.306 e. The predicted molar refractivity (Wildman–Crippen MR) is 87.2 cm³/mol. The number of non-ortho nitro benzene ring substituents is 1. The molecule has 0 radical (unpaired) electrons. The first-order valence-corrected chi connectivity index (χ1v) is 7.49. The van der Waals surface area contributed by atoms with Crippen LogP contribution >= 0.6 is 15.9 Å². The highest BCUT2D eigenvalue weighted by Crippen LogP contribution is 2.23. The lowest BCUT2D eigenvalue weighted by Gasteiger charge is -2.15. The normalized spacial score (nSPS) is 12.1. The van der Waals surface area contributed by atoms with E-state index in [1.54, 1.807) is 6.07 Å². The highest BCUT2D eigenvalue weighted by atomic mass is 79.9. The lowest BCUT2D eigenvalue weighted by atomic mass is 10.1. The lowest BCUT2D eigenvalue weighted by Crippen LogP contribution is -2.18. The van der Waals surface area contributed by atoms with Crippen LogP contribution in [0.1, 0.15) is 29.7 Å². The van der Waals surface area contributed by atoms with E-state index in [0.717, 1.165) is 10.0 Å². The van der Waals surface area contributed by atoms with Gasteiger partial charge in [0, 0.05) is 29.2 Å². The van der Waals surface area contributed by atoms with Crippen molar-refractivity contribution in [2.24, 2.45) is 0 Å². The van der Waals surface area contributed by atoms with Gasteiger partial charge in [-0.1, -0.05) is 45.8 Å². The minimum atomic E-state index is -0.392. The molecule has 4 nitrogen and oxygen atoms in total. The van der Waals surface area contributed by atoms with Crippen molar-refractivity contribution in [2.45, 2.75) is 26.4 Å². The molecule has 2 rings (SSSR count).